The summed E-state index contributed by atoms with van der Waals surface area (Å²) >= 11 is 11.8. The average molecular weight is 230 g/mol. The van der Waals surface area contributed by atoms with Gasteiger partial charge in [0.25, 0.3) is 0 Å². The molecule has 3 nitrogen and oxygen atoms in total. The number of hydrazine groups is 1. The maximum Gasteiger partial charge on any atom is 0.212 e. The lowest BCUT2D eigenvalue weighted by Gasteiger charge is -2.19. The molecule has 0 fully saturated rings. The zero-order chi connectivity index (χ0) is 9.97. The highest BCUT2D eigenvalue weighted by Crippen LogP contribution is 2.22. The molecular weight excluding hydrogens is 221 g/mol. The van der Waals surface area contributed by atoms with Gasteiger partial charge in [0.1, 0.15) is 0 Å². The molecule has 0 bridgehead atoms. The smallest absolute Gasteiger partial charge is 0.212 e. The van der Waals surface area contributed by atoms with Crippen LogP contribution < -0.4 is 5.43 Å². The van der Waals surface area contributed by atoms with Gasteiger partial charge in [-0.05, 0) is 23.7 Å². The summed E-state index contributed by atoms with van der Waals surface area (Å²) in [5.41, 5.74) is 3.93. The van der Waals surface area contributed by atoms with Crippen molar-refractivity contribution in [2.24, 2.45) is 4.99 Å². The Bertz CT molecular complexity index is 365. The van der Waals surface area contributed by atoms with E-state index in [0.29, 0.717) is 10.3 Å². The lowest BCUT2D eigenvalue weighted by molar-refractivity contribution is 0.552. The van der Waals surface area contributed by atoms with Crippen molar-refractivity contribution in [2.75, 3.05) is 18.5 Å². The molecule has 1 aliphatic rings. The number of halogens is 2. The molecule has 1 N–H and O–H groups in total. The van der Waals surface area contributed by atoms with E-state index in [1.807, 2.05) is 24.3 Å². The number of anilines is 1. The van der Waals surface area contributed by atoms with Crippen LogP contribution in [-0.4, -0.2) is 23.4 Å². The van der Waals surface area contributed by atoms with Crippen LogP contribution in [0, 0.1) is 0 Å². The summed E-state index contributed by atoms with van der Waals surface area (Å²) in [5, 5.41) is 2.91. The molecule has 1 heterocycles. The number of nitrogens with zero attached hydrogens (tertiary/aromatic N) is 2. The summed E-state index contributed by atoms with van der Waals surface area (Å²) in [5.74, 6) is 0. The van der Waals surface area contributed by atoms with Gasteiger partial charge >= 0.3 is 0 Å². The zero-order valence-corrected chi connectivity index (χ0v) is 8.89. The van der Waals surface area contributed by atoms with Crippen LogP contribution in [0.4, 0.5) is 5.69 Å². The van der Waals surface area contributed by atoms with E-state index in [0.717, 1.165) is 18.8 Å². The lowest BCUT2D eigenvalue weighted by Crippen LogP contribution is -2.30. The second kappa shape index (κ2) is 4.07. The molecule has 2 rings (SSSR count). The molecule has 1 aliphatic heterocycles. The third-order valence-electron chi connectivity index (χ3n) is 1.92. The maximum absolute atomic E-state index is 5.98. The van der Waals surface area contributed by atoms with E-state index >= 15 is 0 Å². The summed E-state index contributed by atoms with van der Waals surface area (Å²) in [7, 11) is 0. The minimum absolute atomic E-state index is 0.477. The van der Waals surface area contributed by atoms with E-state index in [2.05, 4.69) is 10.4 Å². The fraction of sp³-hybridized carbons (Fsp3) is 0.222. The predicted octanol–water partition coefficient (Wildman–Crippen LogP) is 2.58. The molecule has 74 valence electrons. The molecule has 0 aromatic heterocycles. The Morgan fingerprint density at radius 2 is 2.07 bits per heavy atom. The number of hydrogen-bond donors (Lipinski definition) is 1. The standard InChI is InChI=1S/C9H9Cl2N3/c10-7-3-1-2-4-8(7)13-14-6-5-12-9(14)11/h1-4,13H,5-6H2. The van der Waals surface area contributed by atoms with E-state index in [1.54, 1.807) is 5.01 Å². The fourth-order valence-corrected chi connectivity index (χ4v) is 1.61. The molecule has 14 heavy (non-hydrogen) atoms. The van der Waals surface area contributed by atoms with E-state index in [9.17, 15) is 0 Å². The SMILES string of the molecule is ClC1=NCCN1Nc1ccccc1Cl. The Balaban J connectivity index is 2.11. The minimum atomic E-state index is 0.477. The van der Waals surface area contributed by atoms with Gasteiger partial charge in [0.15, 0.2) is 0 Å². The highest BCUT2D eigenvalue weighted by atomic mass is 35.5. The molecule has 0 unspecified atom stereocenters. The van der Waals surface area contributed by atoms with Gasteiger partial charge < -0.3 is 0 Å². The summed E-state index contributed by atoms with van der Waals surface area (Å²) in [6, 6.07) is 7.51. The number of para-hydroxylation sites is 1. The first-order valence-corrected chi connectivity index (χ1v) is 5.01. The first-order valence-electron chi connectivity index (χ1n) is 4.26. The molecule has 0 spiro atoms. The Labute approximate surface area is 92.3 Å². The van der Waals surface area contributed by atoms with Crippen molar-refractivity contribution in [3.63, 3.8) is 0 Å². The Morgan fingerprint density at radius 3 is 2.71 bits per heavy atom. The summed E-state index contributed by atoms with van der Waals surface area (Å²) < 4.78 is 0. The minimum Gasteiger partial charge on any atom is -0.295 e. The van der Waals surface area contributed by atoms with Crippen molar-refractivity contribution in [3.05, 3.63) is 29.3 Å². The summed E-state index contributed by atoms with van der Waals surface area (Å²) in [6.07, 6.45) is 0. The van der Waals surface area contributed by atoms with E-state index in [-0.39, 0.29) is 0 Å². The van der Waals surface area contributed by atoms with Crippen LogP contribution in [0.5, 0.6) is 0 Å². The molecule has 0 aliphatic carbocycles. The first kappa shape index (κ1) is 9.62. The van der Waals surface area contributed by atoms with Crippen LogP contribution in [0.15, 0.2) is 29.3 Å². The molecule has 0 saturated carbocycles. The van der Waals surface area contributed by atoms with Crippen LogP contribution in [0.1, 0.15) is 0 Å². The molecule has 1 aromatic carbocycles. The largest absolute Gasteiger partial charge is 0.295 e. The molecular formula is C9H9Cl2N3. The van der Waals surface area contributed by atoms with E-state index < -0.39 is 0 Å². The van der Waals surface area contributed by atoms with Crippen molar-refractivity contribution in [3.8, 4) is 0 Å². The predicted molar refractivity (Wildman–Crippen MR) is 59.9 cm³/mol. The lowest BCUT2D eigenvalue weighted by atomic mass is 10.3. The third kappa shape index (κ3) is 1.94. The second-order valence-electron chi connectivity index (χ2n) is 2.89. The number of hydrogen-bond acceptors (Lipinski definition) is 3. The van der Waals surface area contributed by atoms with Crippen molar-refractivity contribution < 1.29 is 0 Å². The Kier molecular flexibility index (Phi) is 2.79. The van der Waals surface area contributed by atoms with Gasteiger partial charge in [0.2, 0.25) is 5.29 Å². The van der Waals surface area contributed by atoms with Gasteiger partial charge in [-0.25, -0.2) is 0 Å². The Hall–Kier alpha value is -0.930. The van der Waals surface area contributed by atoms with Crippen molar-refractivity contribution in [2.45, 2.75) is 0 Å². The Morgan fingerprint density at radius 1 is 1.29 bits per heavy atom. The summed E-state index contributed by atoms with van der Waals surface area (Å²) in [4.78, 5) is 4.05. The van der Waals surface area contributed by atoms with Crippen molar-refractivity contribution in [1.29, 1.82) is 0 Å². The third-order valence-corrected chi connectivity index (χ3v) is 2.57. The van der Waals surface area contributed by atoms with E-state index in [4.69, 9.17) is 23.2 Å². The zero-order valence-electron chi connectivity index (χ0n) is 7.37. The van der Waals surface area contributed by atoms with Gasteiger partial charge in [-0.3, -0.25) is 15.4 Å². The van der Waals surface area contributed by atoms with E-state index in [1.165, 1.54) is 0 Å². The van der Waals surface area contributed by atoms with Gasteiger partial charge in [0, 0.05) is 0 Å². The molecule has 0 radical (unpaired) electrons. The number of aliphatic imine (C=N–C) groups is 1. The summed E-state index contributed by atoms with van der Waals surface area (Å²) in [6.45, 7) is 1.49. The maximum atomic E-state index is 5.98. The van der Waals surface area contributed by atoms with Crippen LogP contribution >= 0.6 is 23.2 Å². The van der Waals surface area contributed by atoms with Crippen LogP contribution in [0.3, 0.4) is 0 Å². The number of nitrogens with one attached hydrogen (secondary N) is 1. The van der Waals surface area contributed by atoms with Gasteiger partial charge in [-0.15, -0.1) is 0 Å². The molecule has 5 heteroatoms. The molecule has 0 amide bonds. The van der Waals surface area contributed by atoms with Crippen molar-refractivity contribution in [1.82, 2.24) is 5.01 Å². The highest BCUT2D eigenvalue weighted by Gasteiger charge is 2.14. The highest BCUT2D eigenvalue weighted by molar-refractivity contribution is 6.64. The number of benzene rings is 1. The van der Waals surface area contributed by atoms with Gasteiger partial charge in [-0.1, -0.05) is 23.7 Å². The molecule has 1 aromatic rings. The van der Waals surface area contributed by atoms with Crippen molar-refractivity contribution >= 4 is 34.2 Å². The van der Waals surface area contributed by atoms with Crippen LogP contribution in [0.2, 0.25) is 5.02 Å². The average Bonchev–Trinajstić information content (AvgIpc) is 2.56. The number of amidine groups is 1. The van der Waals surface area contributed by atoms with Gasteiger partial charge in [0.05, 0.1) is 23.8 Å². The van der Waals surface area contributed by atoms with Crippen LogP contribution in [-0.2, 0) is 0 Å². The van der Waals surface area contributed by atoms with Gasteiger partial charge in [-0.2, -0.15) is 0 Å². The fourth-order valence-electron chi connectivity index (χ4n) is 1.22. The molecule has 0 atom stereocenters. The van der Waals surface area contributed by atoms with Crippen LogP contribution in [0.25, 0.3) is 0 Å². The normalized spacial score (nSPS) is 15.6. The quantitative estimate of drug-likeness (QED) is 0.790. The monoisotopic (exact) mass is 229 g/mol. The second-order valence-corrected chi connectivity index (χ2v) is 3.64. The topological polar surface area (TPSA) is 27.6 Å². The first-order chi connectivity index (χ1) is 6.77. The molecule has 0 saturated heterocycles. The number of rotatable bonds is 2.